The van der Waals surface area contributed by atoms with E-state index in [0.717, 1.165) is 0 Å². The number of methoxy groups -OCH3 is 2. The molecule has 0 fully saturated rings. The van der Waals surface area contributed by atoms with Crippen molar-refractivity contribution in [3.05, 3.63) is 47.8 Å². The number of hydrogen-bond donors (Lipinski definition) is 2. The van der Waals surface area contributed by atoms with Crippen molar-refractivity contribution in [3.8, 4) is 11.5 Å². The molecule has 0 aliphatic heterocycles. The van der Waals surface area contributed by atoms with Crippen molar-refractivity contribution in [1.82, 2.24) is 30.2 Å². The Labute approximate surface area is 281 Å². The standard InChI is InChI=1S/C36H48N6O6/c1-9-27(41-29-19-23(47-7)13-15-25(29)31(39-41)33(43)21(3)4)35(45)37-17-11-12-18-38-36(46)28(10-2)42-30-20-24(48-8)14-16-26(30)32(40-42)34(44)22(5)6/h13-16,19-22,27-28H,9-12,17-18H2,1-8H3,(H,37,45)(H,38,46). The summed E-state index contributed by atoms with van der Waals surface area (Å²) in [5.74, 6) is 0.170. The van der Waals surface area contributed by atoms with Gasteiger partial charge in [-0.15, -0.1) is 0 Å². The number of ether oxygens (including phenoxy) is 2. The summed E-state index contributed by atoms with van der Waals surface area (Å²) >= 11 is 0. The van der Waals surface area contributed by atoms with Crippen LogP contribution in [0.5, 0.6) is 11.5 Å². The van der Waals surface area contributed by atoms with Crippen LogP contribution in [0.1, 0.15) is 100 Å². The number of hydrogen-bond acceptors (Lipinski definition) is 8. The SMILES string of the molecule is CCC(C(=O)NCCCCNC(=O)C(CC)n1nc(C(=O)C(C)C)c2ccc(OC)cc21)n1nc(C(=O)C(C)C)c2ccc(OC)cc21. The molecule has 0 spiro atoms. The maximum absolute atomic E-state index is 13.4. The van der Waals surface area contributed by atoms with Crippen LogP contribution >= 0.6 is 0 Å². The summed E-state index contributed by atoms with van der Waals surface area (Å²) in [7, 11) is 3.14. The van der Waals surface area contributed by atoms with E-state index in [9.17, 15) is 19.2 Å². The first kappa shape index (κ1) is 36.1. The molecule has 12 heteroatoms. The van der Waals surface area contributed by atoms with Crippen LogP contribution in [0.3, 0.4) is 0 Å². The summed E-state index contributed by atoms with van der Waals surface area (Å²) in [5.41, 5.74) is 2.02. The summed E-state index contributed by atoms with van der Waals surface area (Å²) in [6.07, 6.45) is 2.22. The third kappa shape index (κ3) is 7.53. The number of aromatic nitrogens is 4. The molecule has 0 radical (unpaired) electrons. The fourth-order valence-corrected chi connectivity index (χ4v) is 5.72. The van der Waals surface area contributed by atoms with Crippen LogP contribution < -0.4 is 20.1 Å². The Bertz CT molecular complexity index is 1660. The minimum absolute atomic E-state index is 0.0866. The molecule has 4 aromatic rings. The van der Waals surface area contributed by atoms with Crippen molar-refractivity contribution < 1.29 is 28.7 Å². The number of Topliss-reactive ketones (excluding diaryl/α,β-unsaturated/α-hetero) is 2. The normalized spacial score (nSPS) is 12.8. The number of ketones is 2. The number of carbonyl (C=O) groups is 4. The lowest BCUT2D eigenvalue weighted by Crippen LogP contribution is -2.35. The zero-order valence-electron chi connectivity index (χ0n) is 29.3. The molecule has 2 heterocycles. The molecule has 0 saturated carbocycles. The van der Waals surface area contributed by atoms with Crippen molar-refractivity contribution in [1.29, 1.82) is 0 Å². The Morgan fingerprint density at radius 3 is 1.35 bits per heavy atom. The molecule has 0 aliphatic rings. The largest absolute Gasteiger partial charge is 0.497 e. The van der Waals surface area contributed by atoms with Gasteiger partial charge in [0.25, 0.3) is 0 Å². The highest BCUT2D eigenvalue weighted by molar-refractivity contribution is 6.08. The van der Waals surface area contributed by atoms with Crippen LogP contribution in [0.15, 0.2) is 36.4 Å². The van der Waals surface area contributed by atoms with E-state index in [2.05, 4.69) is 20.8 Å². The molecule has 48 heavy (non-hydrogen) atoms. The van der Waals surface area contributed by atoms with E-state index in [-0.39, 0.29) is 35.2 Å². The Morgan fingerprint density at radius 1 is 0.667 bits per heavy atom. The van der Waals surface area contributed by atoms with E-state index < -0.39 is 12.1 Å². The molecule has 2 amide bonds. The molecular formula is C36H48N6O6. The van der Waals surface area contributed by atoms with Crippen molar-refractivity contribution in [2.24, 2.45) is 11.8 Å². The number of nitrogens with zero attached hydrogens (tertiary/aromatic N) is 4. The van der Waals surface area contributed by atoms with E-state index >= 15 is 0 Å². The monoisotopic (exact) mass is 660 g/mol. The van der Waals surface area contributed by atoms with Crippen molar-refractivity contribution in [2.45, 2.75) is 79.3 Å². The van der Waals surface area contributed by atoms with Gasteiger partial charge in [-0.05, 0) is 49.9 Å². The molecule has 0 saturated heterocycles. The Balaban J connectivity index is 1.38. The fraction of sp³-hybridized carbons (Fsp3) is 0.500. The number of fused-ring (bicyclic) bond motifs is 2. The van der Waals surface area contributed by atoms with Gasteiger partial charge in [-0.3, -0.25) is 28.5 Å². The molecule has 258 valence electrons. The van der Waals surface area contributed by atoms with E-state index in [1.807, 2.05) is 53.7 Å². The number of unbranched alkanes of at least 4 members (excludes halogenated alkanes) is 1. The molecular weight excluding hydrogens is 612 g/mol. The van der Waals surface area contributed by atoms with Gasteiger partial charge >= 0.3 is 0 Å². The van der Waals surface area contributed by atoms with Gasteiger partial charge in [-0.2, -0.15) is 10.2 Å². The van der Waals surface area contributed by atoms with Gasteiger partial charge < -0.3 is 20.1 Å². The number of rotatable bonds is 17. The zero-order valence-corrected chi connectivity index (χ0v) is 29.3. The van der Waals surface area contributed by atoms with Gasteiger partial charge in [0, 0.05) is 47.8 Å². The highest BCUT2D eigenvalue weighted by atomic mass is 16.5. The van der Waals surface area contributed by atoms with Crippen molar-refractivity contribution >= 4 is 45.2 Å². The molecule has 2 aromatic carbocycles. The van der Waals surface area contributed by atoms with Crippen LogP contribution in [0.4, 0.5) is 0 Å². The summed E-state index contributed by atoms with van der Waals surface area (Å²) in [4.78, 5) is 52.6. The second-order valence-corrected chi connectivity index (χ2v) is 12.5. The maximum atomic E-state index is 13.4. The van der Waals surface area contributed by atoms with Crippen LogP contribution in [0.25, 0.3) is 21.8 Å². The van der Waals surface area contributed by atoms with E-state index in [4.69, 9.17) is 9.47 Å². The molecule has 4 rings (SSSR count). The molecule has 2 atom stereocenters. The van der Waals surface area contributed by atoms with Gasteiger partial charge in [0.2, 0.25) is 11.8 Å². The minimum atomic E-state index is -0.617. The van der Waals surface area contributed by atoms with Crippen LogP contribution in [0, 0.1) is 11.8 Å². The third-order valence-corrected chi connectivity index (χ3v) is 8.52. The van der Waals surface area contributed by atoms with Crippen molar-refractivity contribution in [3.63, 3.8) is 0 Å². The summed E-state index contributed by atoms with van der Waals surface area (Å²) in [5, 5.41) is 16.6. The molecule has 2 aromatic heterocycles. The second-order valence-electron chi connectivity index (χ2n) is 12.5. The first-order chi connectivity index (χ1) is 23.0. The zero-order chi connectivity index (χ0) is 35.1. The average molecular weight is 661 g/mol. The quantitative estimate of drug-likeness (QED) is 0.108. The molecule has 2 N–H and O–H groups in total. The Hall–Kier alpha value is -4.74. The van der Waals surface area contributed by atoms with Gasteiger partial charge in [-0.1, -0.05) is 41.5 Å². The minimum Gasteiger partial charge on any atom is -0.497 e. The number of benzene rings is 2. The first-order valence-electron chi connectivity index (χ1n) is 16.7. The molecule has 12 nitrogen and oxygen atoms in total. The summed E-state index contributed by atoms with van der Waals surface area (Å²) in [6.45, 7) is 11.9. The summed E-state index contributed by atoms with van der Waals surface area (Å²) in [6, 6.07) is 9.55. The van der Waals surface area contributed by atoms with E-state index in [0.29, 0.717) is 83.5 Å². The van der Waals surface area contributed by atoms with Gasteiger partial charge in [0.1, 0.15) is 35.0 Å². The highest BCUT2D eigenvalue weighted by Gasteiger charge is 2.28. The van der Waals surface area contributed by atoms with Crippen LogP contribution in [0.2, 0.25) is 0 Å². The van der Waals surface area contributed by atoms with Gasteiger partial charge in [-0.25, -0.2) is 0 Å². The Morgan fingerprint density at radius 2 is 1.04 bits per heavy atom. The first-order valence-corrected chi connectivity index (χ1v) is 16.7. The summed E-state index contributed by atoms with van der Waals surface area (Å²) < 4.78 is 14.1. The second kappa shape index (κ2) is 15.9. The van der Waals surface area contributed by atoms with Crippen LogP contribution in [-0.4, -0.2) is 70.3 Å². The topological polar surface area (TPSA) is 146 Å². The predicted octanol–water partition coefficient (Wildman–Crippen LogP) is 5.70. The number of carbonyl (C=O) groups excluding carboxylic acids is 4. The Kier molecular flexibility index (Phi) is 12.0. The molecule has 0 bridgehead atoms. The third-order valence-electron chi connectivity index (χ3n) is 8.52. The highest BCUT2D eigenvalue weighted by Crippen LogP contribution is 2.30. The lowest BCUT2D eigenvalue weighted by Gasteiger charge is -2.18. The lowest BCUT2D eigenvalue weighted by atomic mass is 10.0. The fourth-order valence-electron chi connectivity index (χ4n) is 5.72. The smallest absolute Gasteiger partial charge is 0.244 e. The van der Waals surface area contributed by atoms with E-state index in [1.54, 1.807) is 47.8 Å². The average Bonchev–Trinajstić information content (AvgIpc) is 3.64. The molecule has 2 unspecified atom stereocenters. The van der Waals surface area contributed by atoms with E-state index in [1.165, 1.54) is 0 Å². The number of amides is 2. The maximum Gasteiger partial charge on any atom is 0.244 e. The number of nitrogens with one attached hydrogen (secondary N) is 2. The van der Waals surface area contributed by atoms with Gasteiger partial charge in [0.05, 0.1) is 25.3 Å². The van der Waals surface area contributed by atoms with Gasteiger partial charge in [0.15, 0.2) is 11.6 Å². The lowest BCUT2D eigenvalue weighted by molar-refractivity contribution is -0.125. The molecule has 0 aliphatic carbocycles. The van der Waals surface area contributed by atoms with Crippen LogP contribution in [-0.2, 0) is 9.59 Å². The van der Waals surface area contributed by atoms with Crippen molar-refractivity contribution in [2.75, 3.05) is 27.3 Å². The predicted molar refractivity (Wildman–Crippen MR) is 185 cm³/mol.